The molecule has 1 aliphatic rings. The Balaban J connectivity index is 1.32. The molecule has 156 valence electrons. The maximum absolute atomic E-state index is 13.2. The Morgan fingerprint density at radius 2 is 1.77 bits per heavy atom. The van der Waals surface area contributed by atoms with Crippen molar-refractivity contribution in [3.05, 3.63) is 66.2 Å². The molecule has 0 bridgehead atoms. The smallest absolute Gasteiger partial charge is 0.263 e. The number of hydrogen-bond donors (Lipinski definition) is 0. The quantitative estimate of drug-likeness (QED) is 0.618. The molecule has 2 aromatic carbocycles. The van der Waals surface area contributed by atoms with Crippen LogP contribution in [0.15, 0.2) is 54.6 Å². The summed E-state index contributed by atoms with van der Waals surface area (Å²) in [5, 5.41) is 11.9. The molecular weight excluding hydrogens is 387 g/mol. The summed E-state index contributed by atoms with van der Waals surface area (Å²) in [5.74, 6) is 1.03. The Bertz CT molecular complexity index is 971. The van der Waals surface area contributed by atoms with Gasteiger partial charge in [0, 0.05) is 26.2 Å². The third-order valence-electron chi connectivity index (χ3n) is 5.06. The predicted molar refractivity (Wildman–Crippen MR) is 108 cm³/mol. The van der Waals surface area contributed by atoms with Crippen LogP contribution >= 0.6 is 0 Å². The van der Waals surface area contributed by atoms with Gasteiger partial charge in [0.05, 0.1) is 12.2 Å². The number of ether oxygens (including phenoxy) is 1. The number of tetrazole rings is 1. The lowest BCUT2D eigenvalue weighted by atomic mass is 10.2. The number of carbonyl (C=O) groups is 1. The van der Waals surface area contributed by atoms with Gasteiger partial charge in [0.2, 0.25) is 0 Å². The number of hydrogen-bond acceptors (Lipinski definition) is 6. The van der Waals surface area contributed by atoms with Gasteiger partial charge in [-0.05, 0) is 53.7 Å². The van der Waals surface area contributed by atoms with Crippen molar-refractivity contribution < 1.29 is 13.9 Å². The Kier molecular flexibility index (Phi) is 5.99. The van der Waals surface area contributed by atoms with E-state index in [-0.39, 0.29) is 11.7 Å². The molecule has 1 atom stereocenters. The van der Waals surface area contributed by atoms with Gasteiger partial charge in [0.25, 0.3) is 5.91 Å². The fraction of sp³-hybridized carbons (Fsp3) is 0.333. The Labute approximate surface area is 173 Å². The van der Waals surface area contributed by atoms with Crippen molar-refractivity contribution in [2.45, 2.75) is 19.6 Å². The normalized spacial score (nSPS) is 15.7. The van der Waals surface area contributed by atoms with Crippen molar-refractivity contribution >= 4 is 5.91 Å². The standard InChI is InChI=1S/C21H23FN6O2/c1-16(30-19-5-3-2-4-6-19)21(29)27-13-11-26(12-14-27)15-20-23-24-25-28(20)18-9-7-17(22)8-10-18/h2-10,16H,11-15H2,1H3. The summed E-state index contributed by atoms with van der Waals surface area (Å²) in [6.07, 6.45) is -0.537. The van der Waals surface area contributed by atoms with Crippen LogP contribution in [0.5, 0.6) is 5.75 Å². The molecule has 2 heterocycles. The number of benzene rings is 2. The zero-order valence-electron chi connectivity index (χ0n) is 16.7. The van der Waals surface area contributed by atoms with E-state index in [4.69, 9.17) is 4.74 Å². The summed E-state index contributed by atoms with van der Waals surface area (Å²) in [6, 6.07) is 15.4. The first-order valence-electron chi connectivity index (χ1n) is 9.86. The highest BCUT2D eigenvalue weighted by atomic mass is 19.1. The number of piperazine rings is 1. The van der Waals surface area contributed by atoms with E-state index in [1.54, 1.807) is 23.7 Å². The van der Waals surface area contributed by atoms with Gasteiger partial charge in [0.15, 0.2) is 11.9 Å². The van der Waals surface area contributed by atoms with Crippen LogP contribution in [0, 0.1) is 5.82 Å². The number of nitrogens with zero attached hydrogens (tertiary/aromatic N) is 6. The molecular formula is C21H23FN6O2. The topological polar surface area (TPSA) is 76.4 Å². The Morgan fingerprint density at radius 1 is 1.07 bits per heavy atom. The lowest BCUT2D eigenvalue weighted by molar-refractivity contribution is -0.139. The molecule has 8 nitrogen and oxygen atoms in total. The monoisotopic (exact) mass is 410 g/mol. The first-order valence-corrected chi connectivity index (χ1v) is 9.86. The van der Waals surface area contributed by atoms with Gasteiger partial charge in [-0.3, -0.25) is 9.69 Å². The van der Waals surface area contributed by atoms with Gasteiger partial charge >= 0.3 is 0 Å². The summed E-state index contributed by atoms with van der Waals surface area (Å²) in [6.45, 7) is 4.96. The molecule has 0 aliphatic carbocycles. The molecule has 1 aliphatic heterocycles. The maximum Gasteiger partial charge on any atom is 0.263 e. The first kappa shape index (κ1) is 20.0. The number of halogens is 1. The van der Waals surface area contributed by atoms with E-state index in [1.807, 2.05) is 35.2 Å². The Morgan fingerprint density at radius 3 is 2.47 bits per heavy atom. The third kappa shape index (κ3) is 4.62. The van der Waals surface area contributed by atoms with Gasteiger partial charge < -0.3 is 9.64 Å². The van der Waals surface area contributed by atoms with Crippen molar-refractivity contribution in [2.24, 2.45) is 0 Å². The van der Waals surface area contributed by atoms with Crippen LogP contribution < -0.4 is 4.74 Å². The molecule has 1 amide bonds. The van der Waals surface area contributed by atoms with Crippen molar-refractivity contribution in [3.8, 4) is 11.4 Å². The Hall–Kier alpha value is -3.33. The van der Waals surface area contributed by atoms with E-state index >= 15 is 0 Å². The second-order valence-corrected chi connectivity index (χ2v) is 7.16. The van der Waals surface area contributed by atoms with Crippen molar-refractivity contribution in [2.75, 3.05) is 26.2 Å². The van der Waals surface area contributed by atoms with Crippen LogP contribution in [0.4, 0.5) is 4.39 Å². The van der Waals surface area contributed by atoms with E-state index < -0.39 is 6.10 Å². The van der Waals surface area contributed by atoms with Crippen LogP contribution in [-0.4, -0.2) is 68.2 Å². The van der Waals surface area contributed by atoms with Gasteiger partial charge in [-0.15, -0.1) is 5.10 Å². The number of rotatable bonds is 6. The molecule has 1 saturated heterocycles. The minimum Gasteiger partial charge on any atom is -0.481 e. The zero-order chi connectivity index (χ0) is 20.9. The van der Waals surface area contributed by atoms with Crippen molar-refractivity contribution in [3.63, 3.8) is 0 Å². The van der Waals surface area contributed by atoms with E-state index in [2.05, 4.69) is 20.4 Å². The molecule has 3 aromatic rings. The van der Waals surface area contributed by atoms with E-state index in [9.17, 15) is 9.18 Å². The SMILES string of the molecule is CC(Oc1ccccc1)C(=O)N1CCN(Cc2nnnn2-c2ccc(F)cc2)CC1. The molecule has 9 heteroatoms. The summed E-state index contributed by atoms with van der Waals surface area (Å²) >= 11 is 0. The van der Waals surface area contributed by atoms with Crippen LogP contribution in [0.2, 0.25) is 0 Å². The molecule has 1 fully saturated rings. The second kappa shape index (κ2) is 9.00. The van der Waals surface area contributed by atoms with Gasteiger partial charge in [-0.2, -0.15) is 4.68 Å². The van der Waals surface area contributed by atoms with E-state index in [0.29, 0.717) is 50.0 Å². The average Bonchev–Trinajstić information content (AvgIpc) is 3.23. The highest BCUT2D eigenvalue weighted by molar-refractivity contribution is 5.81. The van der Waals surface area contributed by atoms with Crippen molar-refractivity contribution in [1.82, 2.24) is 30.0 Å². The second-order valence-electron chi connectivity index (χ2n) is 7.16. The highest BCUT2D eigenvalue weighted by Crippen LogP contribution is 2.15. The predicted octanol–water partition coefficient (Wildman–Crippen LogP) is 1.91. The number of amides is 1. The van der Waals surface area contributed by atoms with E-state index in [0.717, 1.165) is 0 Å². The van der Waals surface area contributed by atoms with Crippen LogP contribution in [0.3, 0.4) is 0 Å². The zero-order valence-corrected chi connectivity index (χ0v) is 16.7. The van der Waals surface area contributed by atoms with Gasteiger partial charge in [-0.25, -0.2) is 4.39 Å². The summed E-state index contributed by atoms with van der Waals surface area (Å²) in [5.41, 5.74) is 0.706. The summed E-state index contributed by atoms with van der Waals surface area (Å²) in [7, 11) is 0. The van der Waals surface area contributed by atoms with Gasteiger partial charge in [0.1, 0.15) is 11.6 Å². The molecule has 1 unspecified atom stereocenters. The molecule has 30 heavy (non-hydrogen) atoms. The summed E-state index contributed by atoms with van der Waals surface area (Å²) in [4.78, 5) is 16.7. The lowest BCUT2D eigenvalue weighted by Crippen LogP contribution is -2.51. The largest absolute Gasteiger partial charge is 0.481 e. The first-order chi connectivity index (χ1) is 14.6. The third-order valence-corrected chi connectivity index (χ3v) is 5.06. The lowest BCUT2D eigenvalue weighted by Gasteiger charge is -2.35. The van der Waals surface area contributed by atoms with Crippen LogP contribution in [-0.2, 0) is 11.3 Å². The fourth-order valence-corrected chi connectivity index (χ4v) is 3.42. The molecule has 1 aromatic heterocycles. The summed E-state index contributed by atoms with van der Waals surface area (Å²) < 4.78 is 20.5. The number of para-hydroxylation sites is 1. The number of carbonyl (C=O) groups excluding carboxylic acids is 1. The van der Waals surface area contributed by atoms with E-state index in [1.165, 1.54) is 12.1 Å². The van der Waals surface area contributed by atoms with Crippen molar-refractivity contribution in [1.29, 1.82) is 0 Å². The maximum atomic E-state index is 13.2. The molecule has 0 N–H and O–H groups in total. The van der Waals surface area contributed by atoms with Gasteiger partial charge in [-0.1, -0.05) is 18.2 Å². The molecule has 0 spiro atoms. The number of aromatic nitrogens is 4. The minimum absolute atomic E-state index is 0.0188. The minimum atomic E-state index is -0.537. The average molecular weight is 410 g/mol. The molecule has 0 radical (unpaired) electrons. The fourth-order valence-electron chi connectivity index (χ4n) is 3.42. The highest BCUT2D eigenvalue weighted by Gasteiger charge is 2.27. The van der Waals surface area contributed by atoms with Crippen LogP contribution in [0.25, 0.3) is 5.69 Å². The molecule has 0 saturated carbocycles. The van der Waals surface area contributed by atoms with Crippen LogP contribution in [0.1, 0.15) is 12.7 Å². The molecule has 4 rings (SSSR count).